The Hall–Kier alpha value is -3.17. The number of hydrogen-bond acceptors (Lipinski definition) is 6. The molecule has 5 rings (SSSR count). The third-order valence-corrected chi connectivity index (χ3v) is 7.43. The van der Waals surface area contributed by atoms with Gasteiger partial charge in [-0.05, 0) is 72.7 Å². The van der Waals surface area contributed by atoms with Crippen molar-refractivity contribution >= 4 is 23.2 Å². The Morgan fingerprint density at radius 2 is 2.06 bits per heavy atom. The monoisotopic (exact) mass is 498 g/mol. The molecule has 0 N–H and O–H groups in total. The van der Waals surface area contributed by atoms with Crippen LogP contribution < -0.4 is 4.74 Å². The molecule has 4 heterocycles. The van der Waals surface area contributed by atoms with E-state index in [1.165, 1.54) is 28.2 Å². The van der Waals surface area contributed by atoms with E-state index in [4.69, 9.17) is 13.9 Å². The van der Waals surface area contributed by atoms with Crippen molar-refractivity contribution in [2.24, 2.45) is 0 Å². The standard InChI is InChI=1S/C26H27FN2O5S/c27-18-5-7-19(8-6-18)34-17-22-21-10-14-35-24(21)9-11-29(22)25(30)16-28(15-20-3-1-12-32-20)26(31)23-4-2-13-33-23/h2,4-8,10,13-14,20,22H,1,3,9,11-12,15-17H2/t20-,22+/m1/s1. The van der Waals surface area contributed by atoms with E-state index in [2.05, 4.69) is 0 Å². The van der Waals surface area contributed by atoms with Gasteiger partial charge in [-0.15, -0.1) is 11.3 Å². The molecule has 0 saturated carbocycles. The lowest BCUT2D eigenvalue weighted by Crippen LogP contribution is -2.49. The van der Waals surface area contributed by atoms with Crippen molar-refractivity contribution in [3.05, 3.63) is 76.1 Å². The van der Waals surface area contributed by atoms with Crippen molar-refractivity contribution in [2.45, 2.75) is 31.4 Å². The topological polar surface area (TPSA) is 72.2 Å². The summed E-state index contributed by atoms with van der Waals surface area (Å²) in [5, 5.41) is 2.02. The Morgan fingerprint density at radius 3 is 2.80 bits per heavy atom. The number of benzene rings is 1. The van der Waals surface area contributed by atoms with Crippen LogP contribution in [-0.2, 0) is 16.0 Å². The predicted molar refractivity (Wildman–Crippen MR) is 128 cm³/mol. The molecule has 7 nitrogen and oxygen atoms in total. The molecule has 2 amide bonds. The van der Waals surface area contributed by atoms with Crippen molar-refractivity contribution in [3.63, 3.8) is 0 Å². The average Bonchev–Trinajstić information content (AvgIpc) is 3.65. The van der Waals surface area contributed by atoms with E-state index in [0.717, 1.165) is 24.8 Å². The minimum absolute atomic E-state index is 0.0775. The molecule has 3 aromatic rings. The summed E-state index contributed by atoms with van der Waals surface area (Å²) in [5.41, 5.74) is 1.06. The summed E-state index contributed by atoms with van der Waals surface area (Å²) in [5.74, 6) is -0.0851. The van der Waals surface area contributed by atoms with Gasteiger partial charge in [-0.25, -0.2) is 4.39 Å². The summed E-state index contributed by atoms with van der Waals surface area (Å²) < 4.78 is 30.3. The van der Waals surface area contributed by atoms with Crippen molar-refractivity contribution in [3.8, 4) is 5.75 Å². The number of thiophene rings is 1. The Kier molecular flexibility index (Phi) is 7.15. The third-order valence-electron chi connectivity index (χ3n) is 6.43. The minimum Gasteiger partial charge on any atom is -0.491 e. The molecule has 35 heavy (non-hydrogen) atoms. The number of fused-ring (bicyclic) bond motifs is 1. The van der Waals surface area contributed by atoms with E-state index in [1.807, 2.05) is 11.4 Å². The molecule has 0 unspecified atom stereocenters. The number of ether oxygens (including phenoxy) is 2. The van der Waals surface area contributed by atoms with Crippen LogP contribution in [0, 0.1) is 5.82 Å². The van der Waals surface area contributed by atoms with Gasteiger partial charge in [0.2, 0.25) is 5.91 Å². The summed E-state index contributed by atoms with van der Waals surface area (Å²) in [6, 6.07) is 10.8. The van der Waals surface area contributed by atoms with Crippen LogP contribution in [0.3, 0.4) is 0 Å². The highest BCUT2D eigenvalue weighted by molar-refractivity contribution is 7.10. The van der Waals surface area contributed by atoms with Crippen LogP contribution in [0.15, 0.2) is 58.5 Å². The molecule has 9 heteroatoms. The highest BCUT2D eigenvalue weighted by Gasteiger charge is 2.35. The number of amides is 2. The lowest BCUT2D eigenvalue weighted by atomic mass is 10.0. The van der Waals surface area contributed by atoms with Crippen LogP contribution in [0.2, 0.25) is 0 Å². The van der Waals surface area contributed by atoms with Crippen molar-refractivity contribution in [2.75, 3.05) is 32.8 Å². The summed E-state index contributed by atoms with van der Waals surface area (Å²) in [4.78, 5) is 31.3. The minimum atomic E-state index is -0.334. The Balaban J connectivity index is 1.33. The number of hydrogen-bond donors (Lipinski definition) is 0. The molecular formula is C26H27FN2O5S. The van der Waals surface area contributed by atoms with Gasteiger partial charge in [0.1, 0.15) is 24.7 Å². The zero-order valence-electron chi connectivity index (χ0n) is 19.2. The smallest absolute Gasteiger partial charge is 0.290 e. The molecule has 1 aromatic carbocycles. The number of nitrogens with zero attached hydrogens (tertiary/aromatic N) is 2. The third kappa shape index (κ3) is 5.41. The van der Waals surface area contributed by atoms with E-state index in [-0.39, 0.29) is 48.7 Å². The Labute approximate surface area is 207 Å². The maximum atomic E-state index is 13.6. The molecule has 2 atom stereocenters. The largest absolute Gasteiger partial charge is 0.491 e. The molecule has 0 bridgehead atoms. The van der Waals surface area contributed by atoms with Gasteiger partial charge >= 0.3 is 0 Å². The highest BCUT2D eigenvalue weighted by atomic mass is 32.1. The van der Waals surface area contributed by atoms with Gasteiger partial charge < -0.3 is 23.7 Å². The molecular weight excluding hydrogens is 471 g/mol. The molecule has 2 aliphatic heterocycles. The maximum absolute atomic E-state index is 13.6. The van der Waals surface area contributed by atoms with E-state index in [0.29, 0.717) is 25.4 Å². The van der Waals surface area contributed by atoms with Crippen LogP contribution in [0.25, 0.3) is 0 Å². The van der Waals surface area contributed by atoms with Crippen LogP contribution in [0.1, 0.15) is 39.9 Å². The van der Waals surface area contributed by atoms with Crippen molar-refractivity contribution in [1.82, 2.24) is 9.80 Å². The van der Waals surface area contributed by atoms with Gasteiger partial charge in [-0.3, -0.25) is 9.59 Å². The van der Waals surface area contributed by atoms with E-state index < -0.39 is 0 Å². The van der Waals surface area contributed by atoms with E-state index >= 15 is 0 Å². The number of carbonyl (C=O) groups is 2. The fourth-order valence-corrected chi connectivity index (χ4v) is 5.57. The summed E-state index contributed by atoms with van der Waals surface area (Å²) in [6.45, 7) is 1.69. The normalized spacial score (nSPS) is 19.4. The second-order valence-corrected chi connectivity index (χ2v) is 9.72. The van der Waals surface area contributed by atoms with E-state index in [9.17, 15) is 14.0 Å². The van der Waals surface area contributed by atoms with Crippen LogP contribution in [0.5, 0.6) is 5.75 Å². The molecule has 1 saturated heterocycles. The number of rotatable bonds is 8. The zero-order valence-corrected chi connectivity index (χ0v) is 20.0. The van der Waals surface area contributed by atoms with Crippen molar-refractivity contribution in [1.29, 1.82) is 0 Å². The first-order valence-electron chi connectivity index (χ1n) is 11.8. The lowest BCUT2D eigenvalue weighted by Gasteiger charge is -2.37. The number of halogens is 1. The first-order chi connectivity index (χ1) is 17.1. The average molecular weight is 499 g/mol. The molecule has 184 valence electrons. The maximum Gasteiger partial charge on any atom is 0.290 e. The van der Waals surface area contributed by atoms with Gasteiger partial charge in [0.05, 0.1) is 18.4 Å². The second kappa shape index (κ2) is 10.6. The summed E-state index contributed by atoms with van der Waals surface area (Å²) in [6.07, 6.45) is 3.90. The Bertz CT molecular complexity index is 1140. The first kappa shape index (κ1) is 23.6. The quantitative estimate of drug-likeness (QED) is 0.463. The molecule has 0 aliphatic carbocycles. The van der Waals surface area contributed by atoms with E-state index in [1.54, 1.807) is 40.5 Å². The van der Waals surface area contributed by atoms with Gasteiger partial charge in [0.25, 0.3) is 5.91 Å². The van der Waals surface area contributed by atoms with Crippen LogP contribution in [-0.4, -0.2) is 60.6 Å². The number of furan rings is 1. The predicted octanol–water partition coefficient (Wildman–Crippen LogP) is 4.31. The second-order valence-electron chi connectivity index (χ2n) is 8.71. The van der Waals surface area contributed by atoms with Gasteiger partial charge in [-0.1, -0.05) is 0 Å². The lowest BCUT2D eigenvalue weighted by molar-refractivity contribution is -0.135. The SMILES string of the molecule is O=C(c1ccco1)N(CC(=O)N1CCc2sccc2[C@@H]1COc1ccc(F)cc1)C[C@H]1CCCO1. The summed E-state index contributed by atoms with van der Waals surface area (Å²) in [7, 11) is 0. The van der Waals surface area contributed by atoms with Crippen molar-refractivity contribution < 1.29 is 27.9 Å². The molecule has 1 fully saturated rings. The van der Waals surface area contributed by atoms with Crippen LogP contribution >= 0.6 is 11.3 Å². The molecule has 2 aliphatic rings. The van der Waals surface area contributed by atoms with Gasteiger partial charge in [0, 0.05) is 24.6 Å². The fourth-order valence-electron chi connectivity index (χ4n) is 4.64. The molecule has 0 radical (unpaired) electrons. The molecule has 0 spiro atoms. The van der Waals surface area contributed by atoms with Gasteiger partial charge in [0.15, 0.2) is 5.76 Å². The molecule has 2 aromatic heterocycles. The number of carbonyl (C=O) groups excluding carboxylic acids is 2. The van der Waals surface area contributed by atoms with Crippen LogP contribution in [0.4, 0.5) is 4.39 Å². The summed E-state index contributed by atoms with van der Waals surface area (Å²) >= 11 is 1.67. The van der Waals surface area contributed by atoms with Gasteiger partial charge in [-0.2, -0.15) is 0 Å². The Morgan fingerprint density at radius 1 is 1.20 bits per heavy atom. The first-order valence-corrected chi connectivity index (χ1v) is 12.6. The fraction of sp³-hybridized carbons (Fsp3) is 0.385. The highest BCUT2D eigenvalue weighted by Crippen LogP contribution is 2.34. The zero-order chi connectivity index (χ0) is 24.2.